The first-order chi connectivity index (χ1) is 16.9. The lowest BCUT2D eigenvalue weighted by Crippen LogP contribution is -2.25. The van der Waals surface area contributed by atoms with Crippen molar-refractivity contribution >= 4 is 35.2 Å². The highest BCUT2D eigenvalue weighted by atomic mass is 35.5. The van der Waals surface area contributed by atoms with Crippen molar-refractivity contribution in [3.05, 3.63) is 88.5 Å². The Hall–Kier alpha value is -3.97. The number of benzene rings is 3. The molecule has 0 aliphatic carbocycles. The number of halogens is 1. The van der Waals surface area contributed by atoms with Crippen LogP contribution in [-0.2, 0) is 14.3 Å². The Bertz CT molecular complexity index is 1230. The third-order valence-corrected chi connectivity index (χ3v) is 5.34. The zero-order valence-electron chi connectivity index (χ0n) is 19.8. The van der Waals surface area contributed by atoms with Crippen molar-refractivity contribution in [2.24, 2.45) is 0 Å². The number of nitrogens with one attached hydrogen (secondary N) is 1. The fraction of sp³-hybridized carbons (Fsp3) is 0.185. The Balaban J connectivity index is 1.83. The van der Waals surface area contributed by atoms with E-state index in [9.17, 15) is 9.59 Å². The first-order valence-electron chi connectivity index (χ1n) is 10.7. The fourth-order valence-corrected chi connectivity index (χ4v) is 3.67. The molecule has 0 spiro atoms. The van der Waals surface area contributed by atoms with Gasteiger partial charge in [-0.2, -0.15) is 0 Å². The summed E-state index contributed by atoms with van der Waals surface area (Å²) in [4.78, 5) is 25.9. The van der Waals surface area contributed by atoms with Gasteiger partial charge in [-0.05, 0) is 48.4 Å². The molecule has 8 heteroatoms. The number of aryl methyl sites for hydroxylation is 1. The highest BCUT2D eigenvalue weighted by Crippen LogP contribution is 2.36. The van der Waals surface area contributed by atoms with Crippen LogP contribution in [0.25, 0.3) is 6.08 Å². The summed E-state index contributed by atoms with van der Waals surface area (Å²) in [5, 5.41) is 3.13. The van der Waals surface area contributed by atoms with Crippen LogP contribution in [0.5, 0.6) is 17.2 Å². The zero-order valence-corrected chi connectivity index (χ0v) is 20.6. The normalized spacial score (nSPS) is 11.6. The van der Waals surface area contributed by atoms with Gasteiger partial charge >= 0.3 is 5.97 Å². The topological polar surface area (TPSA) is 83.1 Å². The monoisotopic (exact) mass is 495 g/mol. The molecule has 1 amide bonds. The maximum absolute atomic E-state index is 13.2. The molecule has 0 heterocycles. The Labute approximate surface area is 209 Å². The molecule has 0 saturated heterocycles. The van der Waals surface area contributed by atoms with Crippen LogP contribution in [0.15, 0.2) is 66.7 Å². The van der Waals surface area contributed by atoms with Gasteiger partial charge in [0, 0.05) is 11.6 Å². The van der Waals surface area contributed by atoms with Crippen molar-refractivity contribution in [2.75, 3.05) is 26.6 Å². The van der Waals surface area contributed by atoms with E-state index in [0.717, 1.165) is 5.56 Å². The number of methoxy groups -OCH3 is 3. The van der Waals surface area contributed by atoms with Gasteiger partial charge < -0.3 is 24.3 Å². The van der Waals surface area contributed by atoms with Crippen LogP contribution in [0.4, 0.5) is 5.69 Å². The molecule has 0 aliphatic heterocycles. The molecule has 35 heavy (non-hydrogen) atoms. The maximum Gasteiger partial charge on any atom is 0.331 e. The highest BCUT2D eigenvalue weighted by Gasteiger charge is 2.25. The Kier molecular flexibility index (Phi) is 8.75. The molecule has 3 aromatic rings. The lowest BCUT2D eigenvalue weighted by molar-refractivity contribution is -0.149. The predicted octanol–water partition coefficient (Wildman–Crippen LogP) is 5.61. The summed E-state index contributed by atoms with van der Waals surface area (Å²) in [6.45, 7) is 1.90. The minimum atomic E-state index is -1.19. The van der Waals surface area contributed by atoms with Gasteiger partial charge in [0.2, 0.25) is 6.10 Å². The number of hydrogen-bond donors (Lipinski definition) is 1. The average molecular weight is 496 g/mol. The molecular formula is C27H26ClNO6. The highest BCUT2D eigenvalue weighted by molar-refractivity contribution is 6.32. The van der Waals surface area contributed by atoms with Gasteiger partial charge in [-0.15, -0.1) is 0 Å². The van der Waals surface area contributed by atoms with Gasteiger partial charge in [0.25, 0.3) is 5.91 Å². The summed E-state index contributed by atoms with van der Waals surface area (Å²) >= 11 is 6.23. The van der Waals surface area contributed by atoms with Crippen LogP contribution in [0.2, 0.25) is 5.02 Å². The van der Waals surface area contributed by atoms with Gasteiger partial charge in [-0.25, -0.2) is 4.79 Å². The molecule has 3 aromatic carbocycles. The van der Waals surface area contributed by atoms with Crippen LogP contribution in [0.3, 0.4) is 0 Å². The number of hydrogen-bond acceptors (Lipinski definition) is 6. The largest absolute Gasteiger partial charge is 0.495 e. The minimum Gasteiger partial charge on any atom is -0.495 e. The Morgan fingerprint density at radius 1 is 0.914 bits per heavy atom. The first kappa shape index (κ1) is 25.6. The van der Waals surface area contributed by atoms with Gasteiger partial charge in [-0.3, -0.25) is 4.79 Å². The summed E-state index contributed by atoms with van der Waals surface area (Å²) < 4.78 is 21.4. The van der Waals surface area contributed by atoms with Gasteiger partial charge in [0.1, 0.15) is 5.75 Å². The van der Waals surface area contributed by atoms with E-state index in [1.807, 2.05) is 19.1 Å². The quantitative estimate of drug-likeness (QED) is 0.307. The van der Waals surface area contributed by atoms with Crippen LogP contribution < -0.4 is 19.5 Å². The molecule has 0 radical (unpaired) electrons. The smallest absolute Gasteiger partial charge is 0.331 e. The van der Waals surface area contributed by atoms with Crippen LogP contribution in [0, 0.1) is 6.92 Å². The predicted molar refractivity (Wildman–Crippen MR) is 135 cm³/mol. The van der Waals surface area contributed by atoms with E-state index in [2.05, 4.69) is 5.32 Å². The zero-order chi connectivity index (χ0) is 25.4. The molecule has 1 unspecified atom stereocenters. The number of amides is 1. The van der Waals surface area contributed by atoms with Gasteiger partial charge in [0.15, 0.2) is 11.5 Å². The van der Waals surface area contributed by atoms with Crippen molar-refractivity contribution < 1.29 is 28.5 Å². The number of esters is 1. The third-order valence-electron chi connectivity index (χ3n) is 5.06. The number of rotatable bonds is 9. The van der Waals surface area contributed by atoms with E-state index >= 15 is 0 Å². The summed E-state index contributed by atoms with van der Waals surface area (Å²) in [6.07, 6.45) is 1.54. The van der Waals surface area contributed by atoms with Crippen LogP contribution in [-0.4, -0.2) is 33.2 Å². The maximum atomic E-state index is 13.2. The Morgan fingerprint density at radius 2 is 1.63 bits per heavy atom. The van der Waals surface area contributed by atoms with Gasteiger partial charge in [0.05, 0.1) is 32.0 Å². The SMILES string of the molecule is COc1ccc(C)cc1NC(=O)C(OC(=O)/C=C/c1cc(Cl)c(OC)c(OC)c1)c1ccccc1. The molecule has 0 aromatic heterocycles. The Morgan fingerprint density at radius 3 is 2.29 bits per heavy atom. The molecule has 1 atom stereocenters. The minimum absolute atomic E-state index is 0.327. The van der Waals surface area contributed by atoms with E-state index in [-0.39, 0.29) is 0 Å². The summed E-state index contributed by atoms with van der Waals surface area (Å²) in [6, 6.07) is 17.5. The standard InChI is InChI=1S/C27H26ClNO6/c1-17-10-12-22(32-2)21(14-17)29-27(31)25(19-8-6-5-7-9-19)35-24(30)13-11-18-15-20(28)26(34-4)23(16-18)33-3/h5-16,25H,1-4H3,(H,29,31)/b13-11+. The number of carbonyl (C=O) groups is 2. The van der Waals surface area contributed by atoms with Crippen LogP contribution in [0.1, 0.15) is 22.8 Å². The molecule has 0 bridgehead atoms. The number of ether oxygens (including phenoxy) is 4. The van der Waals surface area contributed by atoms with E-state index in [1.165, 1.54) is 33.5 Å². The molecule has 7 nitrogen and oxygen atoms in total. The van der Waals surface area contributed by atoms with E-state index < -0.39 is 18.0 Å². The van der Waals surface area contributed by atoms with Crippen molar-refractivity contribution in [1.29, 1.82) is 0 Å². The number of anilines is 1. The lowest BCUT2D eigenvalue weighted by atomic mass is 10.1. The van der Waals surface area contributed by atoms with E-state index in [4.69, 9.17) is 30.5 Å². The van der Waals surface area contributed by atoms with Crippen molar-refractivity contribution in [3.63, 3.8) is 0 Å². The molecular weight excluding hydrogens is 470 g/mol. The molecule has 3 rings (SSSR count). The van der Waals surface area contributed by atoms with Gasteiger partial charge in [-0.1, -0.05) is 48.0 Å². The van der Waals surface area contributed by atoms with E-state index in [0.29, 0.717) is 39.1 Å². The molecule has 0 fully saturated rings. The molecule has 0 saturated carbocycles. The molecule has 0 aliphatic rings. The summed E-state index contributed by atoms with van der Waals surface area (Å²) in [5.74, 6) is 0.0717. The first-order valence-corrected chi connectivity index (χ1v) is 11.0. The van der Waals surface area contributed by atoms with Crippen molar-refractivity contribution in [3.8, 4) is 17.2 Å². The third kappa shape index (κ3) is 6.55. The number of carbonyl (C=O) groups excluding carboxylic acids is 2. The lowest BCUT2D eigenvalue weighted by Gasteiger charge is -2.18. The van der Waals surface area contributed by atoms with Crippen molar-refractivity contribution in [1.82, 2.24) is 0 Å². The molecule has 182 valence electrons. The second kappa shape index (κ2) is 11.9. The second-order valence-corrected chi connectivity index (χ2v) is 7.90. The fourth-order valence-electron chi connectivity index (χ4n) is 3.37. The summed E-state index contributed by atoms with van der Waals surface area (Å²) in [5.41, 5.74) is 2.53. The van der Waals surface area contributed by atoms with Crippen LogP contribution >= 0.6 is 11.6 Å². The molecule has 1 N–H and O–H groups in total. The second-order valence-electron chi connectivity index (χ2n) is 7.49. The average Bonchev–Trinajstić information content (AvgIpc) is 2.86. The summed E-state index contributed by atoms with van der Waals surface area (Å²) in [7, 11) is 4.49. The van der Waals surface area contributed by atoms with Crippen molar-refractivity contribution in [2.45, 2.75) is 13.0 Å². The van der Waals surface area contributed by atoms with E-state index in [1.54, 1.807) is 48.5 Å².